The predicted molar refractivity (Wildman–Crippen MR) is 75.0 cm³/mol. The van der Waals surface area contributed by atoms with Gasteiger partial charge < -0.3 is 4.74 Å². The van der Waals surface area contributed by atoms with Crippen molar-refractivity contribution in [2.45, 2.75) is 6.92 Å². The van der Waals surface area contributed by atoms with Crippen molar-refractivity contribution in [3.05, 3.63) is 60.2 Å². The highest BCUT2D eigenvalue weighted by Gasteiger charge is 1.95. The summed E-state index contributed by atoms with van der Waals surface area (Å²) < 4.78 is 4.11. The van der Waals surface area contributed by atoms with Crippen LogP contribution in [0.25, 0.3) is 11.1 Å². The maximum absolute atomic E-state index is 10.5. The minimum atomic E-state index is -0.245. The van der Waals surface area contributed by atoms with E-state index in [1.165, 1.54) is 19.6 Å². The first-order chi connectivity index (χ1) is 9.17. The van der Waals surface area contributed by atoms with Crippen molar-refractivity contribution in [3.63, 3.8) is 0 Å². The van der Waals surface area contributed by atoms with Gasteiger partial charge in [-0.3, -0.25) is 9.59 Å². The normalized spacial score (nSPS) is 8.95. The quantitative estimate of drug-likeness (QED) is 0.611. The van der Waals surface area contributed by atoms with Crippen LogP contribution in [-0.2, 0) is 9.53 Å². The summed E-state index contributed by atoms with van der Waals surface area (Å²) in [7, 11) is 1.35. The minimum absolute atomic E-state index is 0.245. The van der Waals surface area contributed by atoms with Crippen molar-refractivity contribution in [1.82, 2.24) is 0 Å². The van der Waals surface area contributed by atoms with Crippen LogP contribution in [0.15, 0.2) is 54.6 Å². The van der Waals surface area contributed by atoms with Gasteiger partial charge in [-0.15, -0.1) is 0 Å². The second-order valence-corrected chi connectivity index (χ2v) is 3.80. The molecule has 0 atom stereocenters. The van der Waals surface area contributed by atoms with Crippen LogP contribution in [0.4, 0.5) is 0 Å². The van der Waals surface area contributed by atoms with Crippen molar-refractivity contribution in [2.75, 3.05) is 7.11 Å². The van der Waals surface area contributed by atoms with Gasteiger partial charge in [0.25, 0.3) is 0 Å². The second-order valence-electron chi connectivity index (χ2n) is 3.80. The topological polar surface area (TPSA) is 43.4 Å². The molecule has 19 heavy (non-hydrogen) atoms. The third-order valence-electron chi connectivity index (χ3n) is 2.44. The summed E-state index contributed by atoms with van der Waals surface area (Å²) in [5, 5.41) is 0. The molecule has 2 aromatic rings. The van der Waals surface area contributed by atoms with Gasteiger partial charge in [-0.25, -0.2) is 0 Å². The summed E-state index contributed by atoms with van der Waals surface area (Å²) >= 11 is 0. The summed E-state index contributed by atoms with van der Waals surface area (Å²) in [5.41, 5.74) is 3.02. The van der Waals surface area contributed by atoms with Crippen molar-refractivity contribution >= 4 is 12.3 Å². The van der Waals surface area contributed by atoms with E-state index >= 15 is 0 Å². The summed E-state index contributed by atoms with van der Waals surface area (Å²) in [6.07, 6.45) is 0.856. The Hall–Kier alpha value is -2.42. The largest absolute Gasteiger partial charge is 0.469 e. The van der Waals surface area contributed by atoms with Crippen molar-refractivity contribution in [2.24, 2.45) is 0 Å². The van der Waals surface area contributed by atoms with E-state index in [1.54, 1.807) is 0 Å². The van der Waals surface area contributed by atoms with E-state index in [0.29, 0.717) is 5.56 Å². The van der Waals surface area contributed by atoms with Crippen LogP contribution >= 0.6 is 0 Å². The number of carbonyl (C=O) groups is 2. The molecule has 0 amide bonds. The van der Waals surface area contributed by atoms with Gasteiger partial charge in [0.2, 0.25) is 0 Å². The summed E-state index contributed by atoms with van der Waals surface area (Å²) in [4.78, 5) is 20.0. The number of ether oxygens (including phenoxy) is 1. The van der Waals surface area contributed by atoms with E-state index in [9.17, 15) is 9.59 Å². The van der Waals surface area contributed by atoms with Gasteiger partial charge in [0, 0.05) is 12.5 Å². The molecule has 3 heteroatoms. The highest BCUT2D eigenvalue weighted by Crippen LogP contribution is 2.18. The van der Waals surface area contributed by atoms with Crippen LogP contribution in [-0.4, -0.2) is 19.4 Å². The van der Waals surface area contributed by atoms with Crippen molar-refractivity contribution in [1.29, 1.82) is 0 Å². The van der Waals surface area contributed by atoms with Crippen molar-refractivity contribution < 1.29 is 14.3 Å². The Morgan fingerprint density at radius 3 is 1.84 bits per heavy atom. The van der Waals surface area contributed by atoms with Crippen LogP contribution in [0.1, 0.15) is 17.3 Å². The highest BCUT2D eigenvalue weighted by atomic mass is 16.5. The molecule has 0 spiro atoms. The summed E-state index contributed by atoms with van der Waals surface area (Å²) in [6.45, 7) is 1.36. The molecule has 0 aliphatic carbocycles. The molecule has 0 N–H and O–H groups in total. The lowest BCUT2D eigenvalue weighted by Gasteiger charge is -2.00. The number of aldehydes is 1. The zero-order chi connectivity index (χ0) is 14.1. The van der Waals surface area contributed by atoms with E-state index in [-0.39, 0.29) is 5.97 Å². The molecule has 2 aromatic carbocycles. The Kier molecular flexibility index (Phi) is 6.03. The minimum Gasteiger partial charge on any atom is -0.469 e. The van der Waals surface area contributed by atoms with Crippen LogP contribution in [0, 0.1) is 0 Å². The molecule has 2 rings (SSSR count). The lowest BCUT2D eigenvalue weighted by molar-refractivity contribution is -0.137. The van der Waals surface area contributed by atoms with Crippen LogP contribution in [0.3, 0.4) is 0 Å². The fraction of sp³-hybridized carbons (Fsp3) is 0.125. The highest BCUT2D eigenvalue weighted by molar-refractivity contribution is 5.76. The zero-order valence-corrected chi connectivity index (χ0v) is 11.0. The Morgan fingerprint density at radius 1 is 0.947 bits per heavy atom. The van der Waals surface area contributed by atoms with E-state index in [4.69, 9.17) is 0 Å². The zero-order valence-electron chi connectivity index (χ0n) is 11.0. The van der Waals surface area contributed by atoms with Gasteiger partial charge in [0.15, 0.2) is 0 Å². The molecule has 0 saturated carbocycles. The lowest BCUT2D eigenvalue weighted by atomic mass is 10.0. The smallest absolute Gasteiger partial charge is 0.302 e. The average molecular weight is 256 g/mol. The first-order valence-corrected chi connectivity index (χ1v) is 5.82. The Bertz CT molecular complexity index is 515. The fourth-order valence-electron chi connectivity index (χ4n) is 1.38. The van der Waals surface area contributed by atoms with Gasteiger partial charge in [-0.05, 0) is 11.1 Å². The number of benzene rings is 2. The molecule has 0 saturated heterocycles. The van der Waals surface area contributed by atoms with Gasteiger partial charge >= 0.3 is 5.97 Å². The number of rotatable bonds is 2. The van der Waals surface area contributed by atoms with Crippen LogP contribution < -0.4 is 0 Å². The Balaban J connectivity index is 0.000000312. The summed E-state index contributed by atoms with van der Waals surface area (Å²) in [5.74, 6) is -0.245. The number of methoxy groups -OCH3 is 1. The number of hydrogen-bond donors (Lipinski definition) is 0. The third-order valence-corrected chi connectivity index (χ3v) is 2.44. The number of hydrogen-bond acceptors (Lipinski definition) is 3. The molecule has 0 radical (unpaired) electrons. The molecular weight excluding hydrogens is 240 g/mol. The first kappa shape index (κ1) is 14.6. The van der Waals surface area contributed by atoms with Crippen LogP contribution in [0.5, 0.6) is 0 Å². The molecule has 0 aliphatic rings. The number of carbonyl (C=O) groups excluding carboxylic acids is 2. The number of esters is 1. The van der Waals surface area contributed by atoms with E-state index in [1.807, 2.05) is 42.5 Å². The molecule has 0 aromatic heterocycles. The monoisotopic (exact) mass is 256 g/mol. The molecule has 98 valence electrons. The van der Waals surface area contributed by atoms with Gasteiger partial charge in [0.1, 0.15) is 6.29 Å². The summed E-state index contributed by atoms with van der Waals surface area (Å²) in [6, 6.07) is 17.7. The molecule has 0 bridgehead atoms. The van der Waals surface area contributed by atoms with E-state index in [0.717, 1.165) is 11.8 Å². The lowest BCUT2D eigenvalue weighted by Crippen LogP contribution is -1.88. The Labute approximate surface area is 112 Å². The molecule has 0 aliphatic heterocycles. The molecule has 0 unspecified atom stereocenters. The predicted octanol–water partition coefficient (Wildman–Crippen LogP) is 3.35. The Morgan fingerprint density at radius 2 is 1.42 bits per heavy atom. The first-order valence-electron chi connectivity index (χ1n) is 5.82. The van der Waals surface area contributed by atoms with Crippen LogP contribution in [0.2, 0.25) is 0 Å². The van der Waals surface area contributed by atoms with Crippen molar-refractivity contribution in [3.8, 4) is 11.1 Å². The van der Waals surface area contributed by atoms with Gasteiger partial charge in [-0.1, -0.05) is 54.6 Å². The van der Waals surface area contributed by atoms with E-state index < -0.39 is 0 Å². The molecule has 0 heterocycles. The van der Waals surface area contributed by atoms with Gasteiger partial charge in [0.05, 0.1) is 7.11 Å². The maximum atomic E-state index is 10.5. The third kappa shape index (κ3) is 5.17. The fourth-order valence-corrected chi connectivity index (χ4v) is 1.38. The molecule has 0 fully saturated rings. The standard InChI is InChI=1S/C13H10O.C3H6O2/c14-10-11-6-8-13(9-7-11)12-4-2-1-3-5-12;1-3(4)5-2/h1-10H;1-2H3. The average Bonchev–Trinajstić information content (AvgIpc) is 2.49. The maximum Gasteiger partial charge on any atom is 0.302 e. The van der Waals surface area contributed by atoms with E-state index in [2.05, 4.69) is 16.9 Å². The molecular formula is C16H16O3. The van der Waals surface area contributed by atoms with Gasteiger partial charge in [-0.2, -0.15) is 0 Å². The second kappa shape index (κ2) is 7.82. The molecule has 3 nitrogen and oxygen atoms in total. The SMILES string of the molecule is COC(C)=O.O=Cc1ccc(-c2ccccc2)cc1.